The minimum Gasteiger partial charge on any atom is -0.305 e. The molecule has 0 saturated carbocycles. The van der Waals surface area contributed by atoms with Gasteiger partial charge in [0.25, 0.3) is 0 Å². The van der Waals surface area contributed by atoms with E-state index >= 15 is 0 Å². The largest absolute Gasteiger partial charge is 0.305 e. The zero-order valence-corrected chi connectivity index (χ0v) is 11.3. The van der Waals surface area contributed by atoms with Gasteiger partial charge in [0.15, 0.2) is 0 Å². The molecule has 0 aliphatic rings. The SMILES string of the molecule is CCCNC(c1ccc(C)c(F)c1)c1cnsn1. The van der Waals surface area contributed by atoms with Gasteiger partial charge in [0.2, 0.25) is 0 Å². The average Bonchev–Trinajstić information content (AvgIpc) is 2.88. The summed E-state index contributed by atoms with van der Waals surface area (Å²) in [5.41, 5.74) is 2.39. The monoisotopic (exact) mass is 265 g/mol. The Balaban J connectivity index is 2.30. The van der Waals surface area contributed by atoms with Crippen LogP contribution in [0.4, 0.5) is 4.39 Å². The molecule has 0 fully saturated rings. The molecule has 1 aromatic carbocycles. The van der Waals surface area contributed by atoms with Gasteiger partial charge in [-0.2, -0.15) is 8.75 Å². The van der Waals surface area contributed by atoms with Crippen LogP contribution in [0.2, 0.25) is 0 Å². The molecule has 0 amide bonds. The lowest BCUT2D eigenvalue weighted by molar-refractivity contribution is 0.576. The fourth-order valence-electron chi connectivity index (χ4n) is 1.77. The number of hydrogen-bond acceptors (Lipinski definition) is 4. The van der Waals surface area contributed by atoms with Crippen LogP contribution in [0.3, 0.4) is 0 Å². The summed E-state index contributed by atoms with van der Waals surface area (Å²) in [6.45, 7) is 4.72. The van der Waals surface area contributed by atoms with E-state index in [0.717, 1.165) is 24.2 Å². The fraction of sp³-hybridized carbons (Fsp3) is 0.385. The van der Waals surface area contributed by atoms with E-state index in [-0.39, 0.29) is 11.9 Å². The van der Waals surface area contributed by atoms with Gasteiger partial charge in [0.1, 0.15) is 5.82 Å². The third-order valence-electron chi connectivity index (χ3n) is 2.80. The van der Waals surface area contributed by atoms with E-state index in [0.29, 0.717) is 5.56 Å². The summed E-state index contributed by atoms with van der Waals surface area (Å²) in [4.78, 5) is 0. The Bertz CT molecular complexity index is 499. The third kappa shape index (κ3) is 2.91. The van der Waals surface area contributed by atoms with Crippen LogP contribution in [0.15, 0.2) is 24.4 Å². The number of benzene rings is 1. The van der Waals surface area contributed by atoms with Crippen molar-refractivity contribution in [1.82, 2.24) is 14.1 Å². The first-order valence-corrected chi connectivity index (χ1v) is 6.72. The van der Waals surface area contributed by atoms with Gasteiger partial charge in [0, 0.05) is 0 Å². The number of nitrogens with zero attached hydrogens (tertiary/aromatic N) is 2. The number of nitrogens with one attached hydrogen (secondary N) is 1. The number of rotatable bonds is 5. The van der Waals surface area contributed by atoms with Crippen molar-refractivity contribution in [1.29, 1.82) is 0 Å². The molecule has 1 atom stereocenters. The number of hydrogen-bond donors (Lipinski definition) is 1. The molecule has 1 unspecified atom stereocenters. The Morgan fingerprint density at radius 2 is 2.28 bits per heavy atom. The molecule has 0 bridgehead atoms. The van der Waals surface area contributed by atoms with E-state index in [4.69, 9.17) is 0 Å². The zero-order chi connectivity index (χ0) is 13.0. The highest BCUT2D eigenvalue weighted by atomic mass is 32.1. The van der Waals surface area contributed by atoms with E-state index in [1.165, 1.54) is 11.7 Å². The molecule has 0 aliphatic carbocycles. The van der Waals surface area contributed by atoms with Crippen LogP contribution < -0.4 is 5.32 Å². The summed E-state index contributed by atoms with van der Waals surface area (Å²) in [5.74, 6) is -0.181. The predicted molar refractivity (Wildman–Crippen MR) is 71.2 cm³/mol. The van der Waals surface area contributed by atoms with Crippen LogP contribution >= 0.6 is 11.7 Å². The molecule has 0 spiro atoms. The minimum atomic E-state index is -0.181. The first-order valence-electron chi connectivity index (χ1n) is 5.99. The summed E-state index contributed by atoms with van der Waals surface area (Å²) in [6, 6.07) is 5.22. The van der Waals surface area contributed by atoms with Gasteiger partial charge in [0.05, 0.1) is 29.7 Å². The van der Waals surface area contributed by atoms with Gasteiger partial charge >= 0.3 is 0 Å². The van der Waals surface area contributed by atoms with Gasteiger partial charge in [-0.15, -0.1) is 0 Å². The van der Waals surface area contributed by atoms with Crippen LogP contribution in [0.25, 0.3) is 0 Å². The highest BCUT2D eigenvalue weighted by molar-refractivity contribution is 6.99. The standard InChI is InChI=1S/C13H16FN3S/c1-3-6-15-13(12-8-16-18-17-12)10-5-4-9(2)11(14)7-10/h4-5,7-8,13,15H,3,6H2,1-2H3. The maximum atomic E-state index is 13.6. The van der Waals surface area contributed by atoms with Crippen molar-refractivity contribution in [3.8, 4) is 0 Å². The molecule has 96 valence electrons. The Morgan fingerprint density at radius 3 is 2.89 bits per heavy atom. The van der Waals surface area contributed by atoms with Gasteiger partial charge < -0.3 is 5.32 Å². The van der Waals surface area contributed by atoms with Crippen molar-refractivity contribution in [3.63, 3.8) is 0 Å². The third-order valence-corrected chi connectivity index (χ3v) is 3.29. The quantitative estimate of drug-likeness (QED) is 0.902. The predicted octanol–water partition coefficient (Wildman–Crippen LogP) is 3.07. The Kier molecular flexibility index (Phi) is 4.38. The van der Waals surface area contributed by atoms with E-state index in [2.05, 4.69) is 21.0 Å². The van der Waals surface area contributed by atoms with E-state index in [1.807, 2.05) is 6.07 Å². The van der Waals surface area contributed by atoms with Crippen molar-refractivity contribution < 1.29 is 4.39 Å². The normalized spacial score (nSPS) is 12.6. The summed E-state index contributed by atoms with van der Waals surface area (Å²) in [5, 5.41) is 3.37. The van der Waals surface area contributed by atoms with Gasteiger partial charge in [-0.1, -0.05) is 19.1 Å². The minimum absolute atomic E-state index is 0.0844. The molecule has 2 aromatic rings. The van der Waals surface area contributed by atoms with Crippen LogP contribution in [-0.4, -0.2) is 15.3 Å². The van der Waals surface area contributed by atoms with Crippen molar-refractivity contribution in [2.75, 3.05) is 6.54 Å². The Labute approximate surface area is 110 Å². The maximum Gasteiger partial charge on any atom is 0.126 e. The highest BCUT2D eigenvalue weighted by Crippen LogP contribution is 2.22. The molecule has 0 radical (unpaired) electrons. The van der Waals surface area contributed by atoms with Gasteiger partial charge in [-0.05, 0) is 37.1 Å². The summed E-state index contributed by atoms with van der Waals surface area (Å²) in [7, 11) is 0. The second-order valence-electron chi connectivity index (χ2n) is 4.23. The van der Waals surface area contributed by atoms with Crippen LogP contribution in [0.5, 0.6) is 0 Å². The first kappa shape index (κ1) is 13.1. The summed E-state index contributed by atoms with van der Waals surface area (Å²) in [6.07, 6.45) is 2.75. The second-order valence-corrected chi connectivity index (χ2v) is 4.78. The van der Waals surface area contributed by atoms with E-state index < -0.39 is 0 Å². The molecular weight excluding hydrogens is 249 g/mol. The molecule has 1 aromatic heterocycles. The Hall–Kier alpha value is -1.33. The van der Waals surface area contributed by atoms with Crippen molar-refractivity contribution in [2.24, 2.45) is 0 Å². The molecule has 1 heterocycles. The van der Waals surface area contributed by atoms with Crippen LogP contribution in [-0.2, 0) is 0 Å². The van der Waals surface area contributed by atoms with Crippen molar-refractivity contribution in [3.05, 3.63) is 47.0 Å². The van der Waals surface area contributed by atoms with Crippen molar-refractivity contribution in [2.45, 2.75) is 26.3 Å². The molecule has 18 heavy (non-hydrogen) atoms. The van der Waals surface area contributed by atoms with Gasteiger partial charge in [-0.25, -0.2) is 4.39 Å². The lowest BCUT2D eigenvalue weighted by Crippen LogP contribution is -2.23. The zero-order valence-electron chi connectivity index (χ0n) is 10.5. The molecule has 1 N–H and O–H groups in total. The van der Waals surface area contributed by atoms with Crippen LogP contribution in [0, 0.1) is 12.7 Å². The smallest absolute Gasteiger partial charge is 0.126 e. The molecule has 2 rings (SSSR count). The first-order chi connectivity index (χ1) is 8.72. The highest BCUT2D eigenvalue weighted by Gasteiger charge is 2.16. The average molecular weight is 265 g/mol. The molecule has 3 nitrogen and oxygen atoms in total. The fourth-order valence-corrected chi connectivity index (χ4v) is 2.22. The number of halogens is 1. The molecule has 0 aliphatic heterocycles. The molecule has 5 heteroatoms. The lowest BCUT2D eigenvalue weighted by atomic mass is 10.0. The van der Waals surface area contributed by atoms with Crippen LogP contribution in [0.1, 0.15) is 36.2 Å². The van der Waals surface area contributed by atoms with Gasteiger partial charge in [-0.3, -0.25) is 0 Å². The Morgan fingerprint density at radius 1 is 1.44 bits per heavy atom. The maximum absolute atomic E-state index is 13.6. The van der Waals surface area contributed by atoms with Crippen molar-refractivity contribution >= 4 is 11.7 Å². The topological polar surface area (TPSA) is 37.8 Å². The molecular formula is C13H16FN3S. The van der Waals surface area contributed by atoms with E-state index in [9.17, 15) is 4.39 Å². The van der Waals surface area contributed by atoms with E-state index in [1.54, 1.807) is 25.3 Å². The molecule has 0 saturated heterocycles. The number of aryl methyl sites for hydroxylation is 1. The second kappa shape index (κ2) is 6.02. The lowest BCUT2D eigenvalue weighted by Gasteiger charge is -2.17. The summed E-state index contributed by atoms with van der Waals surface area (Å²) >= 11 is 1.17. The summed E-state index contributed by atoms with van der Waals surface area (Å²) < 4.78 is 21.9. The number of aromatic nitrogens is 2.